The molecule has 0 aliphatic rings. The molecule has 0 unspecified atom stereocenters. The molecule has 0 aliphatic heterocycles. The molecule has 0 amide bonds. The summed E-state index contributed by atoms with van der Waals surface area (Å²) in [6.45, 7) is 5.06. The van der Waals surface area contributed by atoms with Gasteiger partial charge in [0.05, 0.1) is 18.1 Å². The molecule has 0 bridgehead atoms. The number of hydrogen-bond acceptors (Lipinski definition) is 4. The fourth-order valence-electron chi connectivity index (χ4n) is 2.76. The summed E-state index contributed by atoms with van der Waals surface area (Å²) in [7, 11) is 3.35. The quantitative estimate of drug-likeness (QED) is 0.723. The molecule has 6 nitrogen and oxygen atoms in total. The molecule has 3 rings (SSSR count). The third kappa shape index (κ3) is 2.91. The number of ether oxygens (including phenoxy) is 1. The van der Waals surface area contributed by atoms with E-state index < -0.39 is 0 Å². The third-order valence-electron chi connectivity index (χ3n) is 4.22. The van der Waals surface area contributed by atoms with Crippen LogP contribution in [0.5, 0.6) is 6.01 Å². The molecule has 3 aromatic rings. The molecular weight excluding hydrogens is 304 g/mol. The van der Waals surface area contributed by atoms with Crippen LogP contribution < -0.4 is 10.4 Å². The Labute approximate surface area is 140 Å². The van der Waals surface area contributed by atoms with E-state index in [-0.39, 0.29) is 5.69 Å². The second-order valence-electron chi connectivity index (χ2n) is 6.34. The summed E-state index contributed by atoms with van der Waals surface area (Å²) in [5.41, 5.74) is 3.76. The molecule has 0 radical (unpaired) electrons. The molecule has 24 heavy (non-hydrogen) atoms. The van der Waals surface area contributed by atoms with E-state index in [2.05, 4.69) is 23.8 Å². The van der Waals surface area contributed by atoms with Crippen LogP contribution in [0, 0.1) is 5.92 Å². The Morgan fingerprint density at radius 3 is 2.46 bits per heavy atom. The first kappa shape index (κ1) is 16.2. The van der Waals surface area contributed by atoms with Crippen molar-refractivity contribution in [3.05, 3.63) is 41.1 Å². The lowest BCUT2D eigenvalue weighted by Gasteiger charge is -2.06. The van der Waals surface area contributed by atoms with Gasteiger partial charge >= 0.3 is 11.7 Å². The van der Waals surface area contributed by atoms with Gasteiger partial charge < -0.3 is 4.74 Å². The van der Waals surface area contributed by atoms with E-state index in [1.165, 1.54) is 7.11 Å². The summed E-state index contributed by atoms with van der Waals surface area (Å²) < 4.78 is 8.54. The summed E-state index contributed by atoms with van der Waals surface area (Å²) in [6, 6.07) is 6.34. The smallest absolute Gasteiger partial charge is 0.328 e. The number of imidazole rings is 1. The predicted molar refractivity (Wildman–Crippen MR) is 94.2 cm³/mol. The van der Waals surface area contributed by atoms with Crippen molar-refractivity contribution in [2.45, 2.75) is 26.8 Å². The topological polar surface area (TPSA) is 61.9 Å². The van der Waals surface area contributed by atoms with Gasteiger partial charge in [-0.15, -0.1) is 0 Å². The van der Waals surface area contributed by atoms with Crippen molar-refractivity contribution in [1.82, 2.24) is 19.1 Å². The minimum Gasteiger partial charge on any atom is -0.467 e. The minimum atomic E-state index is 0.0220. The highest BCUT2D eigenvalue weighted by Gasteiger charge is 2.12. The van der Waals surface area contributed by atoms with Gasteiger partial charge in [-0.05, 0) is 30.0 Å². The molecule has 0 saturated heterocycles. The average Bonchev–Trinajstić information content (AvgIpc) is 2.83. The molecule has 0 fully saturated rings. The predicted octanol–water partition coefficient (Wildman–Crippen LogP) is 2.85. The van der Waals surface area contributed by atoms with Gasteiger partial charge in [-0.25, -0.2) is 14.8 Å². The largest absolute Gasteiger partial charge is 0.467 e. The summed E-state index contributed by atoms with van der Waals surface area (Å²) in [5.74, 6) is 0.558. The first-order valence-electron chi connectivity index (χ1n) is 8.07. The summed E-state index contributed by atoms with van der Waals surface area (Å²) in [6.07, 6.45) is 4.43. The van der Waals surface area contributed by atoms with Crippen molar-refractivity contribution in [1.29, 1.82) is 0 Å². The first-order chi connectivity index (χ1) is 11.5. The molecule has 2 heterocycles. The van der Waals surface area contributed by atoms with Crippen molar-refractivity contribution in [3.63, 3.8) is 0 Å². The van der Waals surface area contributed by atoms with Crippen LogP contribution in [0.4, 0.5) is 0 Å². The standard InChI is InChI=1S/C18H22N4O2/c1-12(2)7-8-22-15-6-5-13(9-16(15)21(3)18(22)23)14-10-19-17(24-4)20-11-14/h5-6,9-12H,7-8H2,1-4H3. The van der Waals surface area contributed by atoms with Crippen LogP contribution >= 0.6 is 0 Å². The highest BCUT2D eigenvalue weighted by molar-refractivity contribution is 5.82. The van der Waals surface area contributed by atoms with Crippen LogP contribution in [0.25, 0.3) is 22.2 Å². The highest BCUT2D eigenvalue weighted by atomic mass is 16.5. The molecule has 0 spiro atoms. The number of aryl methyl sites for hydroxylation is 2. The zero-order valence-electron chi connectivity index (χ0n) is 14.5. The van der Waals surface area contributed by atoms with Gasteiger partial charge in [0.1, 0.15) is 0 Å². The van der Waals surface area contributed by atoms with Gasteiger partial charge in [0.25, 0.3) is 0 Å². The fourth-order valence-corrected chi connectivity index (χ4v) is 2.76. The molecule has 0 atom stereocenters. The SMILES string of the molecule is COc1ncc(-c2ccc3c(c2)n(C)c(=O)n3CCC(C)C)cn1. The average molecular weight is 326 g/mol. The van der Waals surface area contributed by atoms with Gasteiger partial charge in [0, 0.05) is 31.5 Å². The van der Waals surface area contributed by atoms with Gasteiger partial charge in [0.15, 0.2) is 0 Å². The number of rotatable bonds is 5. The Balaban J connectivity index is 2.05. The Morgan fingerprint density at radius 2 is 1.83 bits per heavy atom. The van der Waals surface area contributed by atoms with Crippen molar-refractivity contribution in [3.8, 4) is 17.1 Å². The van der Waals surface area contributed by atoms with Crippen LogP contribution in [0.1, 0.15) is 20.3 Å². The molecule has 6 heteroatoms. The Kier molecular flexibility index (Phi) is 4.38. The monoisotopic (exact) mass is 326 g/mol. The lowest BCUT2D eigenvalue weighted by Crippen LogP contribution is -2.22. The maximum absolute atomic E-state index is 12.5. The van der Waals surface area contributed by atoms with Crippen LogP contribution in [0.15, 0.2) is 35.4 Å². The summed E-state index contributed by atoms with van der Waals surface area (Å²) in [4.78, 5) is 20.8. The Bertz CT molecular complexity index is 907. The lowest BCUT2D eigenvalue weighted by atomic mass is 10.1. The zero-order chi connectivity index (χ0) is 17.3. The van der Waals surface area contributed by atoms with Gasteiger partial charge in [-0.3, -0.25) is 9.13 Å². The molecule has 1 aromatic carbocycles. The molecule has 0 N–H and O–H groups in total. The van der Waals surface area contributed by atoms with E-state index in [9.17, 15) is 4.79 Å². The van der Waals surface area contributed by atoms with E-state index in [4.69, 9.17) is 4.74 Å². The molecule has 126 valence electrons. The van der Waals surface area contributed by atoms with Crippen molar-refractivity contribution < 1.29 is 4.74 Å². The molecule has 0 saturated carbocycles. The van der Waals surface area contributed by atoms with Crippen molar-refractivity contribution in [2.24, 2.45) is 13.0 Å². The van der Waals surface area contributed by atoms with E-state index in [1.54, 1.807) is 17.0 Å². The Hall–Kier alpha value is -2.63. The second kappa shape index (κ2) is 6.47. The number of benzene rings is 1. The van der Waals surface area contributed by atoms with Crippen LogP contribution in [-0.2, 0) is 13.6 Å². The number of methoxy groups -OCH3 is 1. The van der Waals surface area contributed by atoms with Crippen LogP contribution in [-0.4, -0.2) is 26.2 Å². The van der Waals surface area contributed by atoms with Crippen molar-refractivity contribution >= 4 is 11.0 Å². The molecule has 0 aliphatic carbocycles. The van der Waals surface area contributed by atoms with E-state index in [1.807, 2.05) is 29.8 Å². The highest BCUT2D eigenvalue weighted by Crippen LogP contribution is 2.24. The molecule has 2 aromatic heterocycles. The van der Waals surface area contributed by atoms with Crippen molar-refractivity contribution in [2.75, 3.05) is 7.11 Å². The maximum Gasteiger partial charge on any atom is 0.328 e. The van der Waals surface area contributed by atoms with E-state index in [0.29, 0.717) is 11.9 Å². The fraction of sp³-hybridized carbons (Fsp3) is 0.389. The first-order valence-corrected chi connectivity index (χ1v) is 8.07. The number of hydrogen-bond donors (Lipinski definition) is 0. The number of nitrogens with zero attached hydrogens (tertiary/aromatic N) is 4. The van der Waals surface area contributed by atoms with Crippen LogP contribution in [0.3, 0.4) is 0 Å². The molecular formula is C18H22N4O2. The second-order valence-corrected chi connectivity index (χ2v) is 6.34. The van der Waals surface area contributed by atoms with E-state index >= 15 is 0 Å². The Morgan fingerprint density at radius 1 is 1.12 bits per heavy atom. The number of fused-ring (bicyclic) bond motifs is 1. The van der Waals surface area contributed by atoms with Crippen LogP contribution in [0.2, 0.25) is 0 Å². The summed E-state index contributed by atoms with van der Waals surface area (Å²) in [5, 5.41) is 0. The maximum atomic E-state index is 12.5. The van der Waals surface area contributed by atoms with Gasteiger partial charge in [-0.1, -0.05) is 19.9 Å². The zero-order valence-corrected chi connectivity index (χ0v) is 14.5. The van der Waals surface area contributed by atoms with Gasteiger partial charge in [0.2, 0.25) is 0 Å². The van der Waals surface area contributed by atoms with E-state index in [0.717, 1.165) is 35.1 Å². The summed E-state index contributed by atoms with van der Waals surface area (Å²) >= 11 is 0. The lowest BCUT2D eigenvalue weighted by molar-refractivity contribution is 0.380. The van der Waals surface area contributed by atoms with Gasteiger partial charge in [-0.2, -0.15) is 0 Å². The third-order valence-corrected chi connectivity index (χ3v) is 4.22. The number of aromatic nitrogens is 4. The minimum absolute atomic E-state index is 0.0220. The normalized spacial score (nSPS) is 11.4.